The van der Waals surface area contributed by atoms with Crippen LogP contribution in [0.2, 0.25) is 0 Å². The van der Waals surface area contributed by atoms with Gasteiger partial charge in [-0.15, -0.1) is 0 Å². The number of benzene rings is 2. The molecule has 1 heterocycles. The molecule has 5 nitrogen and oxygen atoms in total. The summed E-state index contributed by atoms with van der Waals surface area (Å²) in [5, 5.41) is 10.8. The Labute approximate surface area is 145 Å². The number of hydrogen-bond donors (Lipinski definition) is 0. The van der Waals surface area contributed by atoms with Gasteiger partial charge in [-0.1, -0.05) is 48.9 Å². The second kappa shape index (κ2) is 6.51. The zero-order valence-electron chi connectivity index (χ0n) is 14.1. The number of carbonyl (C=O) groups is 3. The Hall–Kier alpha value is -2.95. The molecule has 1 fully saturated rings. The van der Waals surface area contributed by atoms with Gasteiger partial charge in [0.15, 0.2) is 0 Å². The van der Waals surface area contributed by atoms with Crippen LogP contribution in [0, 0.1) is 18.8 Å². The normalized spacial score (nSPS) is 20.2. The van der Waals surface area contributed by atoms with Gasteiger partial charge in [-0.3, -0.25) is 14.5 Å². The molecule has 0 bridgehead atoms. The van der Waals surface area contributed by atoms with E-state index < -0.39 is 17.8 Å². The van der Waals surface area contributed by atoms with Crippen molar-refractivity contribution >= 4 is 23.5 Å². The van der Waals surface area contributed by atoms with Gasteiger partial charge in [0.25, 0.3) is 0 Å². The van der Waals surface area contributed by atoms with Crippen molar-refractivity contribution in [2.24, 2.45) is 11.8 Å². The number of rotatable bonds is 4. The van der Waals surface area contributed by atoms with Gasteiger partial charge in [0.2, 0.25) is 11.8 Å². The lowest BCUT2D eigenvalue weighted by atomic mass is 9.90. The molecule has 25 heavy (non-hydrogen) atoms. The quantitative estimate of drug-likeness (QED) is 0.797. The van der Waals surface area contributed by atoms with E-state index in [9.17, 15) is 19.5 Å². The Morgan fingerprint density at radius 2 is 1.60 bits per heavy atom. The Morgan fingerprint density at radius 3 is 2.16 bits per heavy atom. The van der Waals surface area contributed by atoms with E-state index in [2.05, 4.69) is 0 Å². The number of carboxylic acid groups (broad SMARTS) is 1. The molecule has 0 aromatic heterocycles. The summed E-state index contributed by atoms with van der Waals surface area (Å²) in [6, 6.07) is 13.5. The van der Waals surface area contributed by atoms with Crippen LogP contribution >= 0.6 is 0 Å². The highest BCUT2D eigenvalue weighted by Gasteiger charge is 2.45. The standard InChI is InChI=1S/C20H19NO4/c1-12-3-5-14(6-4-12)11-17-13(2)18(22)21(19(17)23)16-9-7-15(8-10-16)20(24)25/h3-10,13,17H,11H2,1-2H3,(H,24,25)/p-1/t13-,17-/m0/s1. The number of aryl methyl sites for hydroxylation is 1. The predicted molar refractivity (Wildman–Crippen MR) is 90.8 cm³/mol. The average molecular weight is 336 g/mol. The highest BCUT2D eigenvalue weighted by Crippen LogP contribution is 2.33. The van der Waals surface area contributed by atoms with Gasteiger partial charge in [-0.05, 0) is 36.6 Å². The van der Waals surface area contributed by atoms with E-state index in [0.29, 0.717) is 12.1 Å². The first kappa shape index (κ1) is 16.9. The van der Waals surface area contributed by atoms with Crippen LogP contribution < -0.4 is 10.0 Å². The van der Waals surface area contributed by atoms with Crippen molar-refractivity contribution in [3.8, 4) is 0 Å². The molecule has 2 atom stereocenters. The van der Waals surface area contributed by atoms with E-state index in [-0.39, 0.29) is 17.4 Å². The maximum Gasteiger partial charge on any atom is 0.238 e. The smallest absolute Gasteiger partial charge is 0.238 e. The molecule has 0 radical (unpaired) electrons. The van der Waals surface area contributed by atoms with Crippen LogP contribution in [0.1, 0.15) is 28.4 Å². The van der Waals surface area contributed by atoms with Crippen molar-refractivity contribution in [3.63, 3.8) is 0 Å². The molecule has 0 spiro atoms. The molecule has 128 valence electrons. The van der Waals surface area contributed by atoms with Crippen LogP contribution in [0.4, 0.5) is 5.69 Å². The summed E-state index contributed by atoms with van der Waals surface area (Å²) in [5.74, 6) is -2.65. The summed E-state index contributed by atoms with van der Waals surface area (Å²) in [6.07, 6.45) is 0.500. The van der Waals surface area contributed by atoms with E-state index in [1.165, 1.54) is 24.3 Å². The average Bonchev–Trinajstić information content (AvgIpc) is 2.80. The van der Waals surface area contributed by atoms with Crippen molar-refractivity contribution < 1.29 is 19.5 Å². The number of anilines is 1. The van der Waals surface area contributed by atoms with Gasteiger partial charge in [-0.25, -0.2) is 0 Å². The summed E-state index contributed by atoms with van der Waals surface area (Å²) in [4.78, 5) is 37.3. The fraction of sp³-hybridized carbons (Fsp3) is 0.250. The number of amides is 2. The van der Waals surface area contributed by atoms with Crippen LogP contribution in [0.15, 0.2) is 48.5 Å². The molecule has 3 rings (SSSR count). The number of carboxylic acids is 1. The molecule has 0 unspecified atom stereocenters. The summed E-state index contributed by atoms with van der Waals surface area (Å²) in [5.41, 5.74) is 2.54. The molecule has 5 heteroatoms. The molecule has 1 aliphatic heterocycles. The number of nitrogens with zero attached hydrogens (tertiary/aromatic N) is 1. The van der Waals surface area contributed by atoms with Crippen molar-refractivity contribution in [2.45, 2.75) is 20.3 Å². The van der Waals surface area contributed by atoms with Crippen LogP contribution in [-0.4, -0.2) is 17.8 Å². The minimum absolute atomic E-state index is 0.00657. The number of imide groups is 1. The number of aromatic carboxylic acids is 1. The molecule has 2 aromatic rings. The maximum absolute atomic E-state index is 12.8. The minimum atomic E-state index is -1.30. The summed E-state index contributed by atoms with van der Waals surface area (Å²) in [6.45, 7) is 3.75. The lowest BCUT2D eigenvalue weighted by Crippen LogP contribution is -2.31. The first-order valence-corrected chi connectivity index (χ1v) is 8.13. The number of carbonyl (C=O) groups excluding carboxylic acids is 3. The van der Waals surface area contributed by atoms with E-state index in [1.54, 1.807) is 6.92 Å². The Morgan fingerprint density at radius 1 is 1.00 bits per heavy atom. The third-order valence-corrected chi connectivity index (χ3v) is 4.69. The van der Waals surface area contributed by atoms with Gasteiger partial charge < -0.3 is 9.90 Å². The first-order valence-electron chi connectivity index (χ1n) is 8.13. The molecule has 2 amide bonds. The van der Waals surface area contributed by atoms with E-state index in [0.717, 1.165) is 16.0 Å². The van der Waals surface area contributed by atoms with Gasteiger partial charge in [0.05, 0.1) is 17.6 Å². The van der Waals surface area contributed by atoms with Crippen molar-refractivity contribution in [2.75, 3.05) is 4.90 Å². The van der Waals surface area contributed by atoms with Crippen molar-refractivity contribution in [3.05, 3.63) is 65.2 Å². The fourth-order valence-electron chi connectivity index (χ4n) is 3.11. The van der Waals surface area contributed by atoms with Gasteiger partial charge in [-0.2, -0.15) is 0 Å². The molecule has 1 saturated heterocycles. The van der Waals surface area contributed by atoms with Crippen LogP contribution in [-0.2, 0) is 16.0 Å². The molecule has 0 N–H and O–H groups in total. The highest BCUT2D eigenvalue weighted by molar-refractivity contribution is 6.22. The van der Waals surface area contributed by atoms with Gasteiger partial charge in [0, 0.05) is 5.92 Å². The SMILES string of the molecule is Cc1ccc(C[C@@H]2C(=O)N(c3ccc(C(=O)[O-])cc3)C(=O)[C@H]2C)cc1. The van der Waals surface area contributed by atoms with Gasteiger partial charge >= 0.3 is 0 Å². The summed E-state index contributed by atoms with van der Waals surface area (Å²) >= 11 is 0. The zero-order valence-corrected chi connectivity index (χ0v) is 14.1. The lowest BCUT2D eigenvalue weighted by Gasteiger charge is -2.16. The largest absolute Gasteiger partial charge is 0.545 e. The highest BCUT2D eigenvalue weighted by atomic mass is 16.4. The lowest BCUT2D eigenvalue weighted by molar-refractivity contribution is -0.255. The maximum atomic E-state index is 12.8. The third-order valence-electron chi connectivity index (χ3n) is 4.69. The topological polar surface area (TPSA) is 77.5 Å². The fourth-order valence-corrected chi connectivity index (χ4v) is 3.11. The van der Waals surface area contributed by atoms with E-state index in [4.69, 9.17) is 0 Å². The molecule has 0 aliphatic carbocycles. The molecular formula is C20H18NO4-. The molecule has 2 aromatic carbocycles. The summed E-state index contributed by atoms with van der Waals surface area (Å²) in [7, 11) is 0. The van der Waals surface area contributed by atoms with E-state index in [1.807, 2.05) is 31.2 Å². The molecule has 1 aliphatic rings. The second-order valence-corrected chi connectivity index (χ2v) is 6.43. The molecule has 0 saturated carbocycles. The molecular weight excluding hydrogens is 318 g/mol. The minimum Gasteiger partial charge on any atom is -0.545 e. The van der Waals surface area contributed by atoms with Crippen molar-refractivity contribution in [1.82, 2.24) is 0 Å². The Kier molecular flexibility index (Phi) is 4.40. The predicted octanol–water partition coefficient (Wildman–Crippen LogP) is 1.73. The third kappa shape index (κ3) is 3.18. The first-order chi connectivity index (χ1) is 11.9. The van der Waals surface area contributed by atoms with Crippen LogP contribution in [0.5, 0.6) is 0 Å². The Balaban J connectivity index is 1.84. The number of hydrogen-bond acceptors (Lipinski definition) is 4. The monoisotopic (exact) mass is 336 g/mol. The van der Waals surface area contributed by atoms with Crippen LogP contribution in [0.25, 0.3) is 0 Å². The zero-order chi connectivity index (χ0) is 18.1. The Bertz CT molecular complexity index is 824. The van der Waals surface area contributed by atoms with Crippen molar-refractivity contribution in [1.29, 1.82) is 0 Å². The van der Waals surface area contributed by atoms with Gasteiger partial charge in [0.1, 0.15) is 0 Å². The van der Waals surface area contributed by atoms with Crippen LogP contribution in [0.3, 0.4) is 0 Å². The second-order valence-electron chi connectivity index (χ2n) is 6.43. The summed E-state index contributed by atoms with van der Waals surface area (Å²) < 4.78 is 0. The van der Waals surface area contributed by atoms with E-state index >= 15 is 0 Å².